The molecule has 0 aromatic heterocycles. The van der Waals surface area contributed by atoms with Gasteiger partial charge in [0.05, 0.1) is 0 Å². The summed E-state index contributed by atoms with van der Waals surface area (Å²) in [6.07, 6.45) is 2.74. The van der Waals surface area contributed by atoms with Crippen molar-refractivity contribution in [2.24, 2.45) is 5.92 Å². The molecule has 2 unspecified atom stereocenters. The zero-order chi connectivity index (χ0) is 11.7. The molecule has 16 heavy (non-hydrogen) atoms. The maximum atomic E-state index is 6.23. The predicted octanol–water partition coefficient (Wildman–Crippen LogP) is 4.55. The van der Waals surface area contributed by atoms with Gasteiger partial charge in [0.15, 0.2) is 0 Å². The van der Waals surface area contributed by atoms with Crippen LogP contribution in [0.2, 0.25) is 5.02 Å². The molecule has 0 heterocycles. The zero-order valence-corrected chi connectivity index (χ0v) is 12.0. The van der Waals surface area contributed by atoms with Crippen molar-refractivity contribution in [3.05, 3.63) is 33.3 Å². The number of hydrogen-bond acceptors (Lipinski definition) is 1. The number of nitrogens with one attached hydrogen (secondary N) is 1. The molecular weight excluding hydrogens is 286 g/mol. The van der Waals surface area contributed by atoms with E-state index in [0.717, 1.165) is 15.4 Å². The van der Waals surface area contributed by atoms with Crippen LogP contribution < -0.4 is 5.32 Å². The topological polar surface area (TPSA) is 12.0 Å². The van der Waals surface area contributed by atoms with Crippen LogP contribution in [0.25, 0.3) is 0 Å². The van der Waals surface area contributed by atoms with Gasteiger partial charge in [0.2, 0.25) is 0 Å². The third-order valence-corrected chi connectivity index (χ3v) is 4.09. The zero-order valence-electron chi connectivity index (χ0n) is 9.63. The molecule has 1 aromatic carbocycles. The lowest BCUT2D eigenvalue weighted by molar-refractivity contribution is 0.441. The first-order chi connectivity index (χ1) is 7.58. The van der Waals surface area contributed by atoms with Crippen LogP contribution in [0.5, 0.6) is 0 Å². The van der Waals surface area contributed by atoms with Gasteiger partial charge in [-0.3, -0.25) is 0 Å². The van der Waals surface area contributed by atoms with Crippen molar-refractivity contribution in [3.63, 3.8) is 0 Å². The highest BCUT2D eigenvalue weighted by atomic mass is 79.9. The van der Waals surface area contributed by atoms with E-state index in [9.17, 15) is 0 Å². The molecule has 0 aliphatic heterocycles. The van der Waals surface area contributed by atoms with Crippen LogP contribution in [0.3, 0.4) is 0 Å². The molecule has 0 saturated heterocycles. The minimum Gasteiger partial charge on any atom is -0.307 e. The second kappa shape index (κ2) is 5.07. The number of benzene rings is 1. The van der Waals surface area contributed by atoms with Crippen molar-refractivity contribution < 1.29 is 0 Å². The minimum absolute atomic E-state index is 0.316. The Bertz CT molecular complexity index is 376. The SMILES string of the molecule is CC(NC(C)C1CC1)c1ccc(Br)cc1Cl. The van der Waals surface area contributed by atoms with Gasteiger partial charge in [-0.2, -0.15) is 0 Å². The van der Waals surface area contributed by atoms with E-state index in [2.05, 4.69) is 41.2 Å². The van der Waals surface area contributed by atoms with E-state index in [4.69, 9.17) is 11.6 Å². The average Bonchev–Trinajstić information content (AvgIpc) is 2.99. The highest BCUT2D eigenvalue weighted by Crippen LogP contribution is 2.34. The van der Waals surface area contributed by atoms with Gasteiger partial charge in [-0.1, -0.05) is 33.6 Å². The number of rotatable bonds is 4. The molecule has 0 bridgehead atoms. The smallest absolute Gasteiger partial charge is 0.0464 e. The third-order valence-electron chi connectivity index (χ3n) is 3.27. The Morgan fingerprint density at radius 1 is 1.38 bits per heavy atom. The molecule has 0 spiro atoms. The van der Waals surface area contributed by atoms with Crippen molar-refractivity contribution in [1.82, 2.24) is 5.32 Å². The van der Waals surface area contributed by atoms with Crippen molar-refractivity contribution in [2.45, 2.75) is 38.8 Å². The second-order valence-corrected chi connectivity index (χ2v) is 6.00. The van der Waals surface area contributed by atoms with E-state index in [-0.39, 0.29) is 0 Å². The molecule has 0 amide bonds. The molecule has 1 aliphatic rings. The van der Waals surface area contributed by atoms with Crippen LogP contribution in [0.4, 0.5) is 0 Å². The van der Waals surface area contributed by atoms with E-state index < -0.39 is 0 Å². The van der Waals surface area contributed by atoms with Gasteiger partial charge in [0.25, 0.3) is 0 Å². The monoisotopic (exact) mass is 301 g/mol. The van der Waals surface area contributed by atoms with Gasteiger partial charge in [0.1, 0.15) is 0 Å². The fraction of sp³-hybridized carbons (Fsp3) is 0.538. The van der Waals surface area contributed by atoms with E-state index in [0.29, 0.717) is 12.1 Å². The van der Waals surface area contributed by atoms with Gasteiger partial charge in [-0.25, -0.2) is 0 Å². The Hall–Kier alpha value is -0.0500. The van der Waals surface area contributed by atoms with E-state index in [1.807, 2.05) is 12.1 Å². The maximum Gasteiger partial charge on any atom is 0.0464 e. The molecule has 0 radical (unpaired) electrons. The van der Waals surface area contributed by atoms with Crippen LogP contribution in [-0.2, 0) is 0 Å². The molecule has 3 heteroatoms. The normalized spacial score (nSPS) is 19.5. The molecule has 1 saturated carbocycles. The van der Waals surface area contributed by atoms with Crippen LogP contribution >= 0.6 is 27.5 Å². The van der Waals surface area contributed by atoms with E-state index in [1.54, 1.807) is 0 Å². The molecule has 2 atom stereocenters. The first-order valence-corrected chi connectivity index (χ1v) is 6.96. The van der Waals surface area contributed by atoms with Crippen molar-refractivity contribution in [3.8, 4) is 0 Å². The van der Waals surface area contributed by atoms with Crippen molar-refractivity contribution in [1.29, 1.82) is 0 Å². The lowest BCUT2D eigenvalue weighted by atomic mass is 10.1. The van der Waals surface area contributed by atoms with Gasteiger partial charge in [0, 0.05) is 21.6 Å². The number of hydrogen-bond donors (Lipinski definition) is 1. The molecule has 1 aromatic rings. The molecule has 1 nitrogen and oxygen atoms in total. The molecule has 1 fully saturated rings. The summed E-state index contributed by atoms with van der Waals surface area (Å²) in [6, 6.07) is 6.99. The van der Waals surface area contributed by atoms with Crippen molar-refractivity contribution in [2.75, 3.05) is 0 Å². The second-order valence-electron chi connectivity index (χ2n) is 4.68. The Labute approximate surface area is 111 Å². The van der Waals surface area contributed by atoms with E-state index in [1.165, 1.54) is 18.4 Å². The Balaban J connectivity index is 2.04. The summed E-state index contributed by atoms with van der Waals surface area (Å²) in [6.45, 7) is 4.44. The fourth-order valence-corrected chi connectivity index (χ4v) is 2.91. The lowest BCUT2D eigenvalue weighted by Crippen LogP contribution is -2.30. The lowest BCUT2D eigenvalue weighted by Gasteiger charge is -2.21. The van der Waals surface area contributed by atoms with Crippen LogP contribution in [0, 0.1) is 5.92 Å². The van der Waals surface area contributed by atoms with Crippen LogP contribution in [-0.4, -0.2) is 6.04 Å². The highest BCUT2D eigenvalue weighted by molar-refractivity contribution is 9.10. The first kappa shape index (κ1) is 12.4. The summed E-state index contributed by atoms with van der Waals surface area (Å²) in [7, 11) is 0. The van der Waals surface area contributed by atoms with Gasteiger partial charge < -0.3 is 5.32 Å². The van der Waals surface area contributed by atoms with Gasteiger partial charge >= 0.3 is 0 Å². The summed E-state index contributed by atoms with van der Waals surface area (Å²) in [5.74, 6) is 0.872. The van der Waals surface area contributed by atoms with Crippen LogP contribution in [0.15, 0.2) is 22.7 Å². The third kappa shape index (κ3) is 2.99. The molecule has 2 rings (SSSR count). The highest BCUT2D eigenvalue weighted by Gasteiger charge is 2.28. The van der Waals surface area contributed by atoms with Crippen LogP contribution in [0.1, 0.15) is 38.3 Å². The minimum atomic E-state index is 0.316. The fourth-order valence-electron chi connectivity index (χ4n) is 2.07. The summed E-state index contributed by atoms with van der Waals surface area (Å²) >= 11 is 9.66. The molecular formula is C13H17BrClN. The molecule has 88 valence electrons. The summed E-state index contributed by atoms with van der Waals surface area (Å²) in [5, 5.41) is 4.45. The molecule has 1 N–H and O–H groups in total. The molecule has 1 aliphatic carbocycles. The van der Waals surface area contributed by atoms with Gasteiger partial charge in [-0.05, 0) is 50.3 Å². The maximum absolute atomic E-state index is 6.23. The quantitative estimate of drug-likeness (QED) is 0.860. The number of halogens is 2. The largest absolute Gasteiger partial charge is 0.307 e. The Morgan fingerprint density at radius 2 is 2.06 bits per heavy atom. The summed E-state index contributed by atoms with van der Waals surface area (Å²) < 4.78 is 1.03. The van der Waals surface area contributed by atoms with E-state index >= 15 is 0 Å². The Morgan fingerprint density at radius 3 is 2.62 bits per heavy atom. The summed E-state index contributed by atoms with van der Waals surface area (Å²) in [4.78, 5) is 0. The average molecular weight is 303 g/mol. The van der Waals surface area contributed by atoms with Gasteiger partial charge in [-0.15, -0.1) is 0 Å². The first-order valence-electron chi connectivity index (χ1n) is 5.79. The standard InChI is InChI=1S/C13H17BrClN/c1-8(10-3-4-10)16-9(2)12-6-5-11(14)7-13(12)15/h5-10,16H,3-4H2,1-2H3. The van der Waals surface area contributed by atoms with Crippen molar-refractivity contribution >= 4 is 27.5 Å². The predicted molar refractivity (Wildman–Crippen MR) is 72.9 cm³/mol. The summed E-state index contributed by atoms with van der Waals surface area (Å²) in [5.41, 5.74) is 1.18. The Kier molecular flexibility index (Phi) is 3.93.